The molecule has 2 fully saturated rings. The summed E-state index contributed by atoms with van der Waals surface area (Å²) in [7, 11) is 0. The number of nitrogens with two attached hydrogens (primary N) is 1. The van der Waals surface area contributed by atoms with Gasteiger partial charge in [-0.05, 0) is 44.2 Å². The molecule has 1 heterocycles. The van der Waals surface area contributed by atoms with Gasteiger partial charge in [-0.2, -0.15) is 0 Å². The molecule has 110 valence electrons. The third-order valence-electron chi connectivity index (χ3n) is 4.76. The Balaban J connectivity index is 1.57. The zero-order chi connectivity index (χ0) is 14.0. The summed E-state index contributed by atoms with van der Waals surface area (Å²) in [6, 6.07) is 5.88. The minimum atomic E-state index is 0.170. The fourth-order valence-corrected chi connectivity index (χ4v) is 3.63. The van der Waals surface area contributed by atoms with Gasteiger partial charge >= 0.3 is 0 Å². The van der Waals surface area contributed by atoms with Crippen LogP contribution in [0.2, 0.25) is 0 Å². The van der Waals surface area contributed by atoms with E-state index in [9.17, 15) is 0 Å². The molecule has 3 heteroatoms. The number of hydrogen-bond acceptors (Lipinski definition) is 3. The molecule has 1 unspecified atom stereocenters. The monoisotopic (exact) mass is 275 g/mol. The van der Waals surface area contributed by atoms with Crippen LogP contribution in [-0.2, 0) is 4.74 Å². The van der Waals surface area contributed by atoms with Crippen molar-refractivity contribution in [3.63, 3.8) is 0 Å². The predicted octanol–water partition coefficient (Wildman–Crippen LogP) is 3.84. The molecule has 1 saturated heterocycles. The van der Waals surface area contributed by atoms with Gasteiger partial charge in [0.25, 0.3) is 0 Å². The molecular formula is C17H25NO2. The standard InChI is InChI=1S/C17H25NO2/c1-13-6-5-7-15(18)16(13)19-12-14-8-11-17(20-14)9-3-2-4-10-17/h5-7,14H,2-4,8-12,18H2,1H3. The summed E-state index contributed by atoms with van der Waals surface area (Å²) in [5, 5.41) is 0. The fraction of sp³-hybridized carbons (Fsp3) is 0.647. The van der Waals surface area contributed by atoms with Gasteiger partial charge in [-0.1, -0.05) is 31.4 Å². The van der Waals surface area contributed by atoms with Crippen LogP contribution in [-0.4, -0.2) is 18.3 Å². The van der Waals surface area contributed by atoms with E-state index in [-0.39, 0.29) is 11.7 Å². The van der Waals surface area contributed by atoms with Crippen molar-refractivity contribution in [3.05, 3.63) is 23.8 Å². The Kier molecular flexibility index (Phi) is 3.88. The quantitative estimate of drug-likeness (QED) is 0.852. The third kappa shape index (κ3) is 2.78. The highest BCUT2D eigenvalue weighted by Crippen LogP contribution is 2.42. The van der Waals surface area contributed by atoms with Crippen molar-refractivity contribution in [2.24, 2.45) is 0 Å². The molecular weight excluding hydrogens is 250 g/mol. The molecule has 0 bridgehead atoms. The second-order valence-electron chi connectivity index (χ2n) is 6.33. The van der Waals surface area contributed by atoms with Gasteiger partial charge in [0.05, 0.1) is 17.4 Å². The summed E-state index contributed by atoms with van der Waals surface area (Å²) in [5.41, 5.74) is 7.96. The molecule has 0 aromatic heterocycles. The molecule has 1 aromatic rings. The number of anilines is 1. The van der Waals surface area contributed by atoms with Crippen LogP contribution in [0.1, 0.15) is 50.5 Å². The van der Waals surface area contributed by atoms with E-state index in [0.717, 1.165) is 23.4 Å². The number of aryl methyl sites for hydroxylation is 1. The lowest BCUT2D eigenvalue weighted by Crippen LogP contribution is -2.33. The first-order valence-corrected chi connectivity index (χ1v) is 7.84. The maximum Gasteiger partial charge on any atom is 0.145 e. The molecule has 1 saturated carbocycles. The molecule has 0 radical (unpaired) electrons. The number of rotatable bonds is 3. The molecule has 2 aliphatic rings. The zero-order valence-corrected chi connectivity index (χ0v) is 12.4. The van der Waals surface area contributed by atoms with E-state index in [4.69, 9.17) is 15.2 Å². The SMILES string of the molecule is Cc1cccc(N)c1OCC1CCC2(CCCCC2)O1. The minimum Gasteiger partial charge on any atom is -0.488 e. The van der Waals surface area contributed by atoms with E-state index < -0.39 is 0 Å². The van der Waals surface area contributed by atoms with Crippen LogP contribution >= 0.6 is 0 Å². The number of ether oxygens (including phenoxy) is 2. The Morgan fingerprint density at radius 2 is 2.05 bits per heavy atom. The second kappa shape index (κ2) is 5.65. The molecule has 0 amide bonds. The maximum atomic E-state index is 6.33. The molecule has 1 aliphatic heterocycles. The number of hydrogen-bond donors (Lipinski definition) is 1. The zero-order valence-electron chi connectivity index (χ0n) is 12.4. The van der Waals surface area contributed by atoms with E-state index in [1.807, 2.05) is 25.1 Å². The Morgan fingerprint density at radius 1 is 1.25 bits per heavy atom. The highest BCUT2D eigenvalue weighted by molar-refractivity contribution is 5.56. The summed E-state index contributed by atoms with van der Waals surface area (Å²) in [4.78, 5) is 0. The van der Waals surface area contributed by atoms with Gasteiger partial charge in [0.1, 0.15) is 12.4 Å². The first-order chi connectivity index (χ1) is 9.69. The van der Waals surface area contributed by atoms with E-state index in [2.05, 4.69) is 0 Å². The van der Waals surface area contributed by atoms with Crippen LogP contribution in [0.4, 0.5) is 5.69 Å². The Labute approximate surface area is 121 Å². The number of benzene rings is 1. The van der Waals surface area contributed by atoms with Gasteiger partial charge in [-0.25, -0.2) is 0 Å². The van der Waals surface area contributed by atoms with Gasteiger partial charge in [0.15, 0.2) is 0 Å². The third-order valence-corrected chi connectivity index (χ3v) is 4.76. The number of para-hydroxylation sites is 1. The lowest BCUT2D eigenvalue weighted by molar-refractivity contribution is -0.0748. The van der Waals surface area contributed by atoms with Crippen molar-refractivity contribution in [2.45, 2.75) is 63.6 Å². The fourth-order valence-electron chi connectivity index (χ4n) is 3.63. The summed E-state index contributed by atoms with van der Waals surface area (Å²) in [5.74, 6) is 0.820. The van der Waals surface area contributed by atoms with Crippen LogP contribution in [0, 0.1) is 6.92 Å². The highest BCUT2D eigenvalue weighted by atomic mass is 16.6. The van der Waals surface area contributed by atoms with E-state index in [1.54, 1.807) is 0 Å². The Hall–Kier alpha value is -1.22. The molecule has 1 atom stereocenters. The van der Waals surface area contributed by atoms with E-state index in [0.29, 0.717) is 6.61 Å². The van der Waals surface area contributed by atoms with Crippen LogP contribution in [0.15, 0.2) is 18.2 Å². The van der Waals surface area contributed by atoms with Crippen LogP contribution < -0.4 is 10.5 Å². The molecule has 3 rings (SSSR count). The minimum absolute atomic E-state index is 0.170. The highest BCUT2D eigenvalue weighted by Gasteiger charge is 2.40. The van der Waals surface area contributed by atoms with Gasteiger partial charge in [-0.15, -0.1) is 0 Å². The van der Waals surface area contributed by atoms with Gasteiger partial charge in [-0.3, -0.25) is 0 Å². The molecule has 3 nitrogen and oxygen atoms in total. The van der Waals surface area contributed by atoms with Crippen molar-refractivity contribution in [1.82, 2.24) is 0 Å². The summed E-state index contributed by atoms with van der Waals surface area (Å²) in [6.07, 6.45) is 9.01. The topological polar surface area (TPSA) is 44.5 Å². The Bertz CT molecular complexity index is 446. The lowest BCUT2D eigenvalue weighted by Gasteiger charge is -2.33. The Morgan fingerprint density at radius 3 is 2.80 bits per heavy atom. The first kappa shape index (κ1) is 13.7. The van der Waals surface area contributed by atoms with Gasteiger partial charge in [0.2, 0.25) is 0 Å². The summed E-state index contributed by atoms with van der Waals surface area (Å²) >= 11 is 0. The van der Waals surface area contributed by atoms with Gasteiger partial charge < -0.3 is 15.2 Å². The number of nitrogen functional groups attached to an aromatic ring is 1. The second-order valence-corrected chi connectivity index (χ2v) is 6.33. The molecule has 2 N–H and O–H groups in total. The van der Waals surface area contributed by atoms with E-state index >= 15 is 0 Å². The normalized spacial score (nSPS) is 24.9. The lowest BCUT2D eigenvalue weighted by atomic mass is 9.83. The van der Waals surface area contributed by atoms with E-state index in [1.165, 1.54) is 38.5 Å². The molecule has 20 heavy (non-hydrogen) atoms. The predicted molar refractivity (Wildman–Crippen MR) is 81.0 cm³/mol. The maximum absolute atomic E-state index is 6.33. The smallest absolute Gasteiger partial charge is 0.145 e. The largest absolute Gasteiger partial charge is 0.488 e. The van der Waals surface area contributed by atoms with Crippen molar-refractivity contribution >= 4 is 5.69 Å². The van der Waals surface area contributed by atoms with Crippen LogP contribution in [0.5, 0.6) is 5.75 Å². The van der Waals surface area contributed by atoms with Crippen molar-refractivity contribution in [3.8, 4) is 5.75 Å². The van der Waals surface area contributed by atoms with Gasteiger partial charge in [0, 0.05) is 0 Å². The van der Waals surface area contributed by atoms with Crippen molar-refractivity contribution < 1.29 is 9.47 Å². The first-order valence-electron chi connectivity index (χ1n) is 7.84. The average molecular weight is 275 g/mol. The molecule has 1 spiro atoms. The van der Waals surface area contributed by atoms with Crippen LogP contribution in [0.3, 0.4) is 0 Å². The summed E-state index contributed by atoms with van der Waals surface area (Å²) < 4.78 is 12.3. The van der Waals surface area contributed by atoms with Crippen molar-refractivity contribution in [1.29, 1.82) is 0 Å². The summed E-state index contributed by atoms with van der Waals surface area (Å²) in [6.45, 7) is 2.65. The van der Waals surface area contributed by atoms with Crippen LogP contribution in [0.25, 0.3) is 0 Å². The average Bonchev–Trinajstić information content (AvgIpc) is 2.82. The molecule has 1 aliphatic carbocycles. The molecule has 1 aromatic carbocycles. The van der Waals surface area contributed by atoms with Crippen molar-refractivity contribution in [2.75, 3.05) is 12.3 Å².